The van der Waals surface area contributed by atoms with Crippen LogP contribution in [0.2, 0.25) is 0 Å². The Hall–Kier alpha value is -2.21. The Kier molecular flexibility index (Phi) is 3.15. The summed E-state index contributed by atoms with van der Waals surface area (Å²) in [6.45, 7) is 0.432. The van der Waals surface area contributed by atoms with Gasteiger partial charge < -0.3 is 15.6 Å². The normalized spacial score (nSPS) is 10.2. The fourth-order valence-corrected chi connectivity index (χ4v) is 1.33. The first-order valence-corrected chi connectivity index (χ1v) is 5.13. The SMILES string of the molecule is Cn1cnc(C(=O)Nc2ccc(CN)cn2)c1. The maximum atomic E-state index is 11.7. The van der Waals surface area contributed by atoms with Crippen molar-refractivity contribution < 1.29 is 4.79 Å². The summed E-state index contributed by atoms with van der Waals surface area (Å²) in [5.74, 6) is 0.205. The number of hydrogen-bond acceptors (Lipinski definition) is 4. The van der Waals surface area contributed by atoms with E-state index in [0.29, 0.717) is 18.1 Å². The van der Waals surface area contributed by atoms with Crippen molar-refractivity contribution in [1.82, 2.24) is 14.5 Å². The van der Waals surface area contributed by atoms with Gasteiger partial charge in [0.2, 0.25) is 0 Å². The quantitative estimate of drug-likeness (QED) is 0.806. The summed E-state index contributed by atoms with van der Waals surface area (Å²) in [4.78, 5) is 19.8. The Balaban J connectivity index is 2.07. The van der Waals surface area contributed by atoms with E-state index in [0.717, 1.165) is 5.56 Å². The molecular weight excluding hydrogens is 218 g/mol. The highest BCUT2D eigenvalue weighted by molar-refractivity contribution is 6.02. The third-order valence-electron chi connectivity index (χ3n) is 2.24. The minimum atomic E-state index is -0.279. The van der Waals surface area contributed by atoms with Crippen LogP contribution in [-0.2, 0) is 13.6 Å². The lowest BCUT2D eigenvalue weighted by Gasteiger charge is -2.02. The van der Waals surface area contributed by atoms with E-state index in [1.165, 1.54) is 0 Å². The number of imidazole rings is 1. The first-order valence-electron chi connectivity index (χ1n) is 5.13. The van der Waals surface area contributed by atoms with Gasteiger partial charge in [0, 0.05) is 26.0 Å². The third-order valence-corrected chi connectivity index (χ3v) is 2.24. The summed E-state index contributed by atoms with van der Waals surface area (Å²) in [5, 5.41) is 2.66. The molecule has 2 rings (SSSR count). The van der Waals surface area contributed by atoms with Gasteiger partial charge in [-0.2, -0.15) is 0 Å². The summed E-state index contributed by atoms with van der Waals surface area (Å²) >= 11 is 0. The van der Waals surface area contributed by atoms with Crippen molar-refractivity contribution in [2.75, 3.05) is 5.32 Å². The van der Waals surface area contributed by atoms with Crippen molar-refractivity contribution in [3.05, 3.63) is 42.1 Å². The van der Waals surface area contributed by atoms with Gasteiger partial charge in [-0.25, -0.2) is 9.97 Å². The molecule has 3 N–H and O–H groups in total. The largest absolute Gasteiger partial charge is 0.340 e. The Labute approximate surface area is 98.5 Å². The van der Waals surface area contributed by atoms with E-state index in [9.17, 15) is 4.79 Å². The molecule has 0 aliphatic heterocycles. The predicted octanol–water partition coefficient (Wildman–Crippen LogP) is 0.526. The van der Waals surface area contributed by atoms with Crippen LogP contribution in [-0.4, -0.2) is 20.4 Å². The van der Waals surface area contributed by atoms with Crippen LogP contribution in [0, 0.1) is 0 Å². The Morgan fingerprint density at radius 2 is 2.29 bits per heavy atom. The monoisotopic (exact) mass is 231 g/mol. The third kappa shape index (κ3) is 2.67. The van der Waals surface area contributed by atoms with Crippen molar-refractivity contribution >= 4 is 11.7 Å². The fourth-order valence-electron chi connectivity index (χ4n) is 1.33. The van der Waals surface area contributed by atoms with Crippen LogP contribution in [0.1, 0.15) is 16.1 Å². The molecule has 17 heavy (non-hydrogen) atoms. The molecule has 0 atom stereocenters. The molecule has 6 heteroatoms. The number of nitrogens with one attached hydrogen (secondary N) is 1. The molecule has 0 fully saturated rings. The highest BCUT2D eigenvalue weighted by atomic mass is 16.1. The Morgan fingerprint density at radius 1 is 1.47 bits per heavy atom. The van der Waals surface area contributed by atoms with Crippen molar-refractivity contribution in [2.24, 2.45) is 12.8 Å². The molecule has 2 heterocycles. The van der Waals surface area contributed by atoms with Crippen LogP contribution in [0.3, 0.4) is 0 Å². The van der Waals surface area contributed by atoms with Crippen molar-refractivity contribution in [3.63, 3.8) is 0 Å². The van der Waals surface area contributed by atoms with Crippen LogP contribution < -0.4 is 11.1 Å². The zero-order valence-corrected chi connectivity index (χ0v) is 9.42. The molecule has 0 saturated heterocycles. The summed E-state index contributed by atoms with van der Waals surface area (Å²) < 4.78 is 1.71. The maximum Gasteiger partial charge on any atom is 0.276 e. The zero-order valence-electron chi connectivity index (χ0n) is 9.42. The van der Waals surface area contributed by atoms with Crippen LogP contribution in [0.5, 0.6) is 0 Å². The number of hydrogen-bond donors (Lipinski definition) is 2. The van der Waals surface area contributed by atoms with E-state index in [1.54, 1.807) is 36.4 Å². The highest BCUT2D eigenvalue weighted by Crippen LogP contribution is 2.06. The maximum absolute atomic E-state index is 11.7. The topological polar surface area (TPSA) is 85.8 Å². The van der Waals surface area contributed by atoms with Crippen molar-refractivity contribution in [1.29, 1.82) is 0 Å². The molecule has 0 aromatic carbocycles. The number of aromatic nitrogens is 3. The summed E-state index contributed by atoms with van der Waals surface area (Å²) in [6, 6.07) is 3.53. The van der Waals surface area contributed by atoms with Gasteiger partial charge in [0.05, 0.1) is 6.33 Å². The number of anilines is 1. The number of pyridine rings is 1. The van der Waals surface area contributed by atoms with Gasteiger partial charge in [-0.1, -0.05) is 6.07 Å². The summed E-state index contributed by atoms with van der Waals surface area (Å²) in [5.41, 5.74) is 6.73. The molecular formula is C11H13N5O. The minimum absolute atomic E-state index is 0.279. The lowest BCUT2D eigenvalue weighted by molar-refractivity contribution is 0.102. The molecule has 0 aliphatic carbocycles. The van der Waals surface area contributed by atoms with Crippen molar-refractivity contribution in [2.45, 2.75) is 6.54 Å². The molecule has 1 amide bonds. The first kappa shape index (κ1) is 11.3. The van der Waals surface area contributed by atoms with Gasteiger partial charge in [-0.3, -0.25) is 4.79 Å². The summed E-state index contributed by atoms with van der Waals surface area (Å²) in [7, 11) is 1.80. The Morgan fingerprint density at radius 3 is 2.82 bits per heavy atom. The number of aryl methyl sites for hydroxylation is 1. The lowest BCUT2D eigenvalue weighted by Crippen LogP contribution is -2.13. The van der Waals surface area contributed by atoms with E-state index in [1.807, 2.05) is 6.07 Å². The van der Waals surface area contributed by atoms with Gasteiger partial charge in [0.25, 0.3) is 5.91 Å². The van der Waals surface area contributed by atoms with Crippen molar-refractivity contribution in [3.8, 4) is 0 Å². The average molecular weight is 231 g/mol. The second-order valence-electron chi connectivity index (χ2n) is 3.63. The van der Waals surface area contributed by atoms with Gasteiger partial charge >= 0.3 is 0 Å². The number of nitrogens with two attached hydrogens (primary N) is 1. The lowest BCUT2D eigenvalue weighted by atomic mass is 10.3. The zero-order chi connectivity index (χ0) is 12.3. The van der Waals surface area contributed by atoms with E-state index in [2.05, 4.69) is 15.3 Å². The van der Waals surface area contributed by atoms with Gasteiger partial charge in [0.15, 0.2) is 0 Å². The molecule has 0 spiro atoms. The number of amides is 1. The van der Waals surface area contributed by atoms with E-state index in [4.69, 9.17) is 5.73 Å². The van der Waals surface area contributed by atoms with Crippen LogP contribution >= 0.6 is 0 Å². The van der Waals surface area contributed by atoms with Gasteiger partial charge in [-0.05, 0) is 11.6 Å². The smallest absolute Gasteiger partial charge is 0.276 e. The molecule has 2 aromatic rings. The molecule has 0 unspecified atom stereocenters. The summed E-state index contributed by atoms with van der Waals surface area (Å²) in [6.07, 6.45) is 4.84. The van der Waals surface area contributed by atoms with Gasteiger partial charge in [0.1, 0.15) is 11.5 Å². The van der Waals surface area contributed by atoms with Gasteiger partial charge in [-0.15, -0.1) is 0 Å². The van der Waals surface area contributed by atoms with E-state index >= 15 is 0 Å². The molecule has 6 nitrogen and oxygen atoms in total. The van der Waals surface area contributed by atoms with Crippen LogP contribution in [0.25, 0.3) is 0 Å². The number of rotatable bonds is 3. The standard InChI is InChI=1S/C11H13N5O/c1-16-6-9(14-7-16)11(17)15-10-3-2-8(4-12)5-13-10/h2-3,5-7H,4,12H2,1H3,(H,13,15,17). The minimum Gasteiger partial charge on any atom is -0.340 e. The number of nitrogens with zero attached hydrogens (tertiary/aromatic N) is 3. The molecule has 0 radical (unpaired) electrons. The van der Waals surface area contributed by atoms with E-state index < -0.39 is 0 Å². The Bertz CT molecular complexity index is 517. The number of carbonyl (C=O) groups is 1. The molecule has 0 aliphatic rings. The second kappa shape index (κ2) is 4.75. The molecule has 2 aromatic heterocycles. The average Bonchev–Trinajstić information content (AvgIpc) is 2.77. The second-order valence-corrected chi connectivity index (χ2v) is 3.63. The van der Waals surface area contributed by atoms with Crippen LogP contribution in [0.4, 0.5) is 5.82 Å². The molecule has 0 saturated carbocycles. The van der Waals surface area contributed by atoms with Crippen LogP contribution in [0.15, 0.2) is 30.9 Å². The predicted molar refractivity (Wildman–Crippen MR) is 63.3 cm³/mol. The highest BCUT2D eigenvalue weighted by Gasteiger charge is 2.09. The molecule has 88 valence electrons. The fraction of sp³-hybridized carbons (Fsp3) is 0.182. The molecule has 0 bridgehead atoms. The van der Waals surface area contributed by atoms with E-state index in [-0.39, 0.29) is 5.91 Å². The first-order chi connectivity index (χ1) is 8.19. The number of carbonyl (C=O) groups excluding carboxylic acids is 1.